The Labute approximate surface area is 74.9 Å². The minimum absolute atomic E-state index is 0.331. The van der Waals surface area contributed by atoms with Crippen molar-refractivity contribution in [2.24, 2.45) is 5.92 Å². The average Bonchev–Trinajstić information content (AvgIpc) is 2.26. The lowest BCUT2D eigenvalue weighted by Gasteiger charge is -2.12. The third-order valence-electron chi connectivity index (χ3n) is 2.08. The van der Waals surface area contributed by atoms with Crippen LogP contribution in [0.2, 0.25) is 0 Å². The summed E-state index contributed by atoms with van der Waals surface area (Å²) in [4.78, 5) is 0. The molecule has 0 aliphatic carbocycles. The molecule has 1 aliphatic rings. The molecule has 2 N–H and O–H groups in total. The molecule has 0 spiro atoms. The lowest BCUT2D eigenvalue weighted by Crippen LogP contribution is -2.32. The summed E-state index contributed by atoms with van der Waals surface area (Å²) in [5.41, 5.74) is 0. The van der Waals surface area contributed by atoms with Gasteiger partial charge < -0.3 is 5.32 Å². The van der Waals surface area contributed by atoms with Gasteiger partial charge in [-0.05, 0) is 18.9 Å². The maximum absolute atomic E-state index is 11.3. The molecule has 1 fully saturated rings. The fourth-order valence-electron chi connectivity index (χ4n) is 1.39. The predicted octanol–water partition coefficient (Wildman–Crippen LogP) is 1.05. The Hall–Kier alpha value is -0.0900. The summed E-state index contributed by atoms with van der Waals surface area (Å²) in [6, 6.07) is 0.331. The Kier molecular flexibility index (Phi) is 3.12. The first-order chi connectivity index (χ1) is 5.49. The van der Waals surface area contributed by atoms with Crippen molar-refractivity contribution in [2.75, 3.05) is 18.1 Å². The molecular weight excluding hydrogens is 172 g/mol. The van der Waals surface area contributed by atoms with Crippen LogP contribution in [0.3, 0.4) is 0 Å². The van der Waals surface area contributed by atoms with Gasteiger partial charge in [0.15, 0.2) is 0 Å². The Bertz CT molecular complexity index is 233. The first-order valence-corrected chi connectivity index (χ1v) is 6.37. The second-order valence-corrected chi connectivity index (χ2v) is 6.34. The molecule has 3 nitrogen and oxygen atoms in total. The highest BCUT2D eigenvalue weighted by atomic mass is 32.2. The van der Waals surface area contributed by atoms with Gasteiger partial charge in [0.25, 0.3) is 0 Å². The van der Waals surface area contributed by atoms with Crippen molar-refractivity contribution >= 4 is 9.73 Å². The summed E-state index contributed by atoms with van der Waals surface area (Å²) in [5, 5.41) is 3.34. The third-order valence-corrected chi connectivity index (χ3v) is 3.92. The van der Waals surface area contributed by atoms with Crippen molar-refractivity contribution in [2.45, 2.75) is 26.3 Å². The summed E-state index contributed by atoms with van der Waals surface area (Å²) in [6.45, 7) is 5.28. The van der Waals surface area contributed by atoms with E-state index in [1.165, 1.54) is 0 Å². The van der Waals surface area contributed by atoms with Gasteiger partial charge in [-0.1, -0.05) is 13.8 Å². The topological polar surface area (TPSA) is 53.0 Å². The molecule has 1 aliphatic heterocycles. The molecule has 0 amide bonds. The maximum Gasteiger partial charge on any atom is 0.0469 e. The largest absolute Gasteiger partial charge is 0.313 e. The SMILES string of the molecule is CC(C)CN[C@@H]1CC[S@](=N)(=O)C1. The quantitative estimate of drug-likeness (QED) is 0.699. The van der Waals surface area contributed by atoms with Crippen LogP contribution in [0.1, 0.15) is 20.3 Å². The Morgan fingerprint density at radius 3 is 2.75 bits per heavy atom. The first kappa shape index (κ1) is 9.99. The van der Waals surface area contributed by atoms with E-state index >= 15 is 0 Å². The van der Waals surface area contributed by atoms with E-state index in [1.807, 2.05) is 0 Å². The van der Waals surface area contributed by atoms with Gasteiger partial charge in [-0.15, -0.1) is 0 Å². The Balaban J connectivity index is 2.29. The van der Waals surface area contributed by atoms with Crippen molar-refractivity contribution in [3.8, 4) is 0 Å². The standard InChI is InChI=1S/C8H18N2OS/c1-7(2)5-10-8-3-4-12(9,11)6-8/h7-10H,3-6H2,1-2H3/t8-,12+/m1/s1. The van der Waals surface area contributed by atoms with E-state index in [0.717, 1.165) is 13.0 Å². The van der Waals surface area contributed by atoms with E-state index in [9.17, 15) is 4.21 Å². The van der Waals surface area contributed by atoms with Crippen molar-refractivity contribution in [3.05, 3.63) is 0 Å². The molecular formula is C8H18N2OS. The molecule has 12 heavy (non-hydrogen) atoms. The summed E-state index contributed by atoms with van der Waals surface area (Å²) in [5.74, 6) is 1.77. The van der Waals surface area contributed by atoms with Crippen molar-refractivity contribution in [1.29, 1.82) is 4.78 Å². The second-order valence-electron chi connectivity index (χ2n) is 3.97. The van der Waals surface area contributed by atoms with E-state index in [4.69, 9.17) is 4.78 Å². The first-order valence-electron chi connectivity index (χ1n) is 4.47. The lowest BCUT2D eigenvalue weighted by molar-refractivity contribution is 0.489. The molecule has 0 radical (unpaired) electrons. The number of rotatable bonds is 3. The van der Waals surface area contributed by atoms with E-state index in [1.54, 1.807) is 0 Å². The molecule has 0 saturated carbocycles. The van der Waals surface area contributed by atoms with Crippen LogP contribution in [0, 0.1) is 10.7 Å². The molecule has 0 unspecified atom stereocenters. The summed E-state index contributed by atoms with van der Waals surface area (Å²) in [7, 11) is -2.21. The van der Waals surface area contributed by atoms with Gasteiger partial charge in [-0.3, -0.25) is 4.78 Å². The summed E-state index contributed by atoms with van der Waals surface area (Å²) in [6.07, 6.45) is 0.912. The zero-order valence-corrected chi connectivity index (χ0v) is 8.62. The Morgan fingerprint density at radius 1 is 1.67 bits per heavy atom. The van der Waals surface area contributed by atoms with Crippen LogP contribution in [0.15, 0.2) is 0 Å². The number of nitrogens with one attached hydrogen (secondary N) is 2. The smallest absolute Gasteiger partial charge is 0.0469 e. The van der Waals surface area contributed by atoms with Crippen LogP contribution in [0.25, 0.3) is 0 Å². The molecule has 0 aromatic heterocycles. The van der Waals surface area contributed by atoms with Crippen molar-refractivity contribution in [3.63, 3.8) is 0 Å². The normalized spacial score (nSPS) is 36.1. The zero-order valence-electron chi connectivity index (χ0n) is 7.80. The second kappa shape index (κ2) is 3.75. The molecule has 0 bridgehead atoms. The molecule has 0 aromatic rings. The van der Waals surface area contributed by atoms with Crippen LogP contribution >= 0.6 is 0 Å². The maximum atomic E-state index is 11.3. The van der Waals surface area contributed by atoms with Gasteiger partial charge in [0.1, 0.15) is 0 Å². The van der Waals surface area contributed by atoms with Crippen LogP contribution in [0.5, 0.6) is 0 Å². The van der Waals surface area contributed by atoms with Gasteiger partial charge >= 0.3 is 0 Å². The fraction of sp³-hybridized carbons (Fsp3) is 1.00. The van der Waals surface area contributed by atoms with Crippen molar-refractivity contribution in [1.82, 2.24) is 5.32 Å². The van der Waals surface area contributed by atoms with E-state index < -0.39 is 9.73 Å². The highest BCUT2D eigenvalue weighted by molar-refractivity contribution is 7.92. The molecule has 4 heteroatoms. The van der Waals surface area contributed by atoms with E-state index in [-0.39, 0.29) is 0 Å². The number of hydrogen-bond acceptors (Lipinski definition) is 3. The van der Waals surface area contributed by atoms with Crippen LogP contribution < -0.4 is 5.32 Å². The molecule has 72 valence electrons. The highest BCUT2D eigenvalue weighted by Gasteiger charge is 2.24. The lowest BCUT2D eigenvalue weighted by atomic mass is 10.2. The minimum Gasteiger partial charge on any atom is -0.313 e. The third kappa shape index (κ3) is 3.11. The highest BCUT2D eigenvalue weighted by Crippen LogP contribution is 2.12. The minimum atomic E-state index is -2.21. The zero-order chi connectivity index (χ0) is 9.19. The molecule has 1 rings (SSSR count). The Morgan fingerprint density at radius 2 is 2.33 bits per heavy atom. The van der Waals surface area contributed by atoms with Gasteiger partial charge in [0.2, 0.25) is 0 Å². The van der Waals surface area contributed by atoms with Crippen LogP contribution in [-0.4, -0.2) is 28.3 Å². The summed E-state index contributed by atoms with van der Waals surface area (Å²) < 4.78 is 18.7. The van der Waals surface area contributed by atoms with Gasteiger partial charge in [-0.25, -0.2) is 4.21 Å². The molecule has 1 saturated heterocycles. The van der Waals surface area contributed by atoms with Gasteiger partial charge in [0, 0.05) is 27.3 Å². The molecule has 2 atom stereocenters. The fourth-order valence-corrected chi connectivity index (χ4v) is 3.15. The van der Waals surface area contributed by atoms with Crippen LogP contribution in [0.4, 0.5) is 0 Å². The molecule has 1 heterocycles. The van der Waals surface area contributed by atoms with Crippen molar-refractivity contribution < 1.29 is 4.21 Å². The van der Waals surface area contributed by atoms with Crippen LogP contribution in [-0.2, 0) is 9.73 Å². The van der Waals surface area contributed by atoms with E-state index in [0.29, 0.717) is 23.5 Å². The summed E-state index contributed by atoms with van der Waals surface area (Å²) >= 11 is 0. The van der Waals surface area contributed by atoms with E-state index in [2.05, 4.69) is 19.2 Å². The van der Waals surface area contributed by atoms with Gasteiger partial charge in [0.05, 0.1) is 0 Å². The predicted molar refractivity (Wildman–Crippen MR) is 51.8 cm³/mol. The monoisotopic (exact) mass is 190 g/mol. The average molecular weight is 190 g/mol. The number of hydrogen-bond donors (Lipinski definition) is 2. The molecule has 0 aromatic carbocycles. The van der Waals surface area contributed by atoms with Gasteiger partial charge in [-0.2, -0.15) is 0 Å².